The van der Waals surface area contributed by atoms with Crippen molar-refractivity contribution in [2.75, 3.05) is 24.3 Å². The number of carbonyl (C=O) groups excluding carboxylic acids is 1. The minimum Gasteiger partial charge on any atom is -0.384 e. The Bertz CT molecular complexity index is 1220. The van der Waals surface area contributed by atoms with Crippen molar-refractivity contribution in [3.8, 4) is 0 Å². The highest BCUT2D eigenvalue weighted by atomic mass is 16.5. The molecule has 0 aliphatic carbocycles. The number of benzene rings is 2. The van der Waals surface area contributed by atoms with Crippen LogP contribution < -0.4 is 10.6 Å². The van der Waals surface area contributed by atoms with Crippen molar-refractivity contribution in [2.45, 2.75) is 25.9 Å². The van der Waals surface area contributed by atoms with Crippen molar-refractivity contribution < 1.29 is 9.53 Å². The van der Waals surface area contributed by atoms with Gasteiger partial charge in [-0.1, -0.05) is 0 Å². The molecule has 3 heterocycles. The zero-order valence-corrected chi connectivity index (χ0v) is 16.7. The maximum absolute atomic E-state index is 13.5. The second-order valence-electron chi connectivity index (χ2n) is 7.76. The second kappa shape index (κ2) is 6.12. The standard InChI is InChI=1S/C23H22N4O2/c1-13-10-17-19(11-14(13)2)26-22-23(29-3,21(17)28)8-9-27(22)16-5-6-18-15(12-16)4-7-20(24)25-18/h4-7,10-12H,8-9H2,1-3H3,(H2,24,25)/t23-/m1/s1. The number of nitrogen functional groups attached to an aromatic ring is 1. The lowest BCUT2D eigenvalue weighted by atomic mass is 9.86. The number of nitrogens with two attached hydrogens (primary N) is 1. The maximum Gasteiger partial charge on any atom is 0.204 e. The Morgan fingerprint density at radius 2 is 1.90 bits per heavy atom. The Hall–Kier alpha value is -3.25. The number of anilines is 2. The number of aromatic nitrogens is 1. The summed E-state index contributed by atoms with van der Waals surface area (Å²) in [6, 6.07) is 13.6. The van der Waals surface area contributed by atoms with Gasteiger partial charge in [0.15, 0.2) is 5.60 Å². The van der Waals surface area contributed by atoms with E-state index in [1.165, 1.54) is 0 Å². The highest BCUT2D eigenvalue weighted by Crippen LogP contribution is 2.42. The first-order chi connectivity index (χ1) is 13.9. The number of amidine groups is 1. The van der Waals surface area contributed by atoms with Crippen LogP contribution >= 0.6 is 0 Å². The predicted molar refractivity (Wildman–Crippen MR) is 115 cm³/mol. The van der Waals surface area contributed by atoms with Crippen LogP contribution in [-0.4, -0.2) is 35.9 Å². The van der Waals surface area contributed by atoms with Gasteiger partial charge in [0.1, 0.15) is 11.7 Å². The topological polar surface area (TPSA) is 80.8 Å². The van der Waals surface area contributed by atoms with Crippen LogP contribution in [0.1, 0.15) is 27.9 Å². The first kappa shape index (κ1) is 17.8. The number of methoxy groups -OCH3 is 1. The fourth-order valence-electron chi connectivity index (χ4n) is 4.31. The van der Waals surface area contributed by atoms with Crippen LogP contribution in [0.15, 0.2) is 47.5 Å². The van der Waals surface area contributed by atoms with Gasteiger partial charge in [0.25, 0.3) is 0 Å². The largest absolute Gasteiger partial charge is 0.384 e. The molecule has 6 heteroatoms. The summed E-state index contributed by atoms with van der Waals surface area (Å²) in [5.74, 6) is 1.14. The van der Waals surface area contributed by atoms with Gasteiger partial charge < -0.3 is 15.4 Å². The van der Waals surface area contributed by atoms with Crippen LogP contribution in [0, 0.1) is 13.8 Å². The summed E-state index contributed by atoms with van der Waals surface area (Å²) in [5.41, 5.74) is 10.1. The average Bonchev–Trinajstić information content (AvgIpc) is 3.09. The molecule has 2 aliphatic heterocycles. The van der Waals surface area contributed by atoms with E-state index in [-0.39, 0.29) is 5.78 Å². The number of rotatable bonds is 2. The summed E-state index contributed by atoms with van der Waals surface area (Å²) in [6.45, 7) is 4.70. The number of carbonyl (C=O) groups is 1. The summed E-state index contributed by atoms with van der Waals surface area (Å²) in [7, 11) is 1.59. The third-order valence-corrected chi connectivity index (χ3v) is 6.11. The van der Waals surface area contributed by atoms with Gasteiger partial charge in [-0.05, 0) is 67.4 Å². The Morgan fingerprint density at radius 1 is 1.10 bits per heavy atom. The second-order valence-corrected chi connectivity index (χ2v) is 7.76. The normalized spacial score (nSPS) is 20.6. The number of fused-ring (bicyclic) bond motifs is 3. The molecule has 1 saturated heterocycles. The van der Waals surface area contributed by atoms with E-state index in [9.17, 15) is 4.79 Å². The van der Waals surface area contributed by atoms with Crippen molar-refractivity contribution >= 4 is 39.7 Å². The summed E-state index contributed by atoms with van der Waals surface area (Å²) in [5, 5.41) is 0.987. The van der Waals surface area contributed by atoms with Crippen LogP contribution in [0.4, 0.5) is 17.2 Å². The van der Waals surface area contributed by atoms with Gasteiger partial charge in [-0.2, -0.15) is 0 Å². The van der Waals surface area contributed by atoms with Crippen molar-refractivity contribution in [2.24, 2.45) is 4.99 Å². The summed E-state index contributed by atoms with van der Waals surface area (Å²) < 4.78 is 5.85. The number of nitrogens with zero attached hydrogens (tertiary/aromatic N) is 3. The number of ether oxygens (including phenoxy) is 1. The number of ketones is 1. The number of hydrogen-bond acceptors (Lipinski definition) is 6. The van der Waals surface area contributed by atoms with Crippen LogP contribution in [0.25, 0.3) is 10.9 Å². The molecular formula is C23H22N4O2. The third kappa shape index (κ3) is 2.49. The molecule has 6 nitrogen and oxygen atoms in total. The highest BCUT2D eigenvalue weighted by molar-refractivity contribution is 6.28. The fourth-order valence-corrected chi connectivity index (χ4v) is 4.31. The molecule has 0 saturated carbocycles. The van der Waals surface area contributed by atoms with Gasteiger partial charge in [0.05, 0.1) is 11.2 Å². The predicted octanol–water partition coefficient (Wildman–Crippen LogP) is 3.96. The molecule has 0 amide bonds. The SMILES string of the molecule is CO[C@@]12CCN(c3ccc4nc(N)ccc4c3)C1=Nc1cc(C)c(C)cc1C2=O. The molecule has 0 spiro atoms. The van der Waals surface area contributed by atoms with Crippen LogP contribution in [0.5, 0.6) is 0 Å². The van der Waals surface area contributed by atoms with E-state index in [1.807, 2.05) is 44.2 Å². The maximum atomic E-state index is 13.5. The quantitative estimate of drug-likeness (QED) is 0.721. The summed E-state index contributed by atoms with van der Waals surface area (Å²) >= 11 is 0. The van der Waals surface area contributed by atoms with Gasteiger partial charge >= 0.3 is 0 Å². The number of pyridine rings is 1. The molecule has 2 aromatic carbocycles. The van der Waals surface area contributed by atoms with Crippen molar-refractivity contribution in [1.82, 2.24) is 4.98 Å². The van der Waals surface area contributed by atoms with E-state index in [1.54, 1.807) is 13.2 Å². The molecule has 2 N–H and O–H groups in total. The van der Waals surface area contributed by atoms with Crippen LogP contribution in [0.3, 0.4) is 0 Å². The number of Topliss-reactive ketones (excluding diaryl/α,β-unsaturated/α-hetero) is 1. The zero-order valence-electron chi connectivity index (χ0n) is 16.7. The summed E-state index contributed by atoms with van der Waals surface area (Å²) in [4.78, 5) is 24.8. The first-order valence-electron chi connectivity index (χ1n) is 9.67. The lowest BCUT2D eigenvalue weighted by molar-refractivity contribution is 0.0388. The van der Waals surface area contributed by atoms with Gasteiger partial charge in [-0.25, -0.2) is 9.98 Å². The third-order valence-electron chi connectivity index (χ3n) is 6.11. The summed E-state index contributed by atoms with van der Waals surface area (Å²) in [6.07, 6.45) is 0.561. The Labute approximate surface area is 169 Å². The molecule has 5 rings (SSSR count). The highest BCUT2D eigenvalue weighted by Gasteiger charge is 2.54. The van der Waals surface area contributed by atoms with E-state index in [4.69, 9.17) is 15.5 Å². The van der Waals surface area contributed by atoms with E-state index in [0.29, 0.717) is 35.9 Å². The molecular weight excluding hydrogens is 364 g/mol. The number of aliphatic imine (C=N–C) groups is 1. The van der Waals surface area contributed by atoms with Crippen molar-refractivity contribution in [3.05, 3.63) is 59.2 Å². The van der Waals surface area contributed by atoms with Crippen LogP contribution in [0.2, 0.25) is 0 Å². The lowest BCUT2D eigenvalue weighted by Crippen LogP contribution is -2.50. The number of hydrogen-bond donors (Lipinski definition) is 1. The fraction of sp³-hybridized carbons (Fsp3) is 0.261. The van der Waals surface area contributed by atoms with E-state index in [0.717, 1.165) is 27.7 Å². The molecule has 0 bridgehead atoms. The van der Waals surface area contributed by atoms with Gasteiger partial charge in [0, 0.05) is 36.7 Å². The van der Waals surface area contributed by atoms with Gasteiger partial charge in [-0.3, -0.25) is 4.79 Å². The first-order valence-corrected chi connectivity index (χ1v) is 9.67. The number of aryl methyl sites for hydroxylation is 2. The Balaban J connectivity index is 1.67. The van der Waals surface area contributed by atoms with E-state index < -0.39 is 5.60 Å². The minimum absolute atomic E-state index is 0.0131. The monoisotopic (exact) mass is 386 g/mol. The average molecular weight is 386 g/mol. The molecule has 29 heavy (non-hydrogen) atoms. The van der Waals surface area contributed by atoms with Gasteiger partial charge in [-0.15, -0.1) is 0 Å². The minimum atomic E-state index is -1.04. The molecule has 1 atom stereocenters. The molecule has 3 aromatic rings. The molecule has 1 aromatic heterocycles. The Morgan fingerprint density at radius 3 is 2.69 bits per heavy atom. The molecule has 2 aliphatic rings. The molecule has 0 radical (unpaired) electrons. The van der Waals surface area contributed by atoms with E-state index >= 15 is 0 Å². The molecule has 146 valence electrons. The van der Waals surface area contributed by atoms with Crippen LogP contribution in [-0.2, 0) is 4.74 Å². The van der Waals surface area contributed by atoms with Crippen molar-refractivity contribution in [1.29, 1.82) is 0 Å². The zero-order chi connectivity index (χ0) is 20.3. The van der Waals surface area contributed by atoms with Gasteiger partial charge in [0.2, 0.25) is 5.78 Å². The molecule has 0 unspecified atom stereocenters. The Kier molecular flexibility index (Phi) is 3.76. The lowest BCUT2D eigenvalue weighted by Gasteiger charge is -2.33. The van der Waals surface area contributed by atoms with Crippen molar-refractivity contribution in [3.63, 3.8) is 0 Å². The molecule has 1 fully saturated rings. The smallest absolute Gasteiger partial charge is 0.204 e. The van der Waals surface area contributed by atoms with E-state index in [2.05, 4.69) is 16.0 Å².